The molecule has 0 fully saturated rings. The normalized spacial score (nSPS) is 11.8. The highest BCUT2D eigenvalue weighted by molar-refractivity contribution is 5.63. The number of aromatic nitrogens is 2. The molecule has 0 saturated heterocycles. The molecule has 2 rings (SSSR count). The van der Waals surface area contributed by atoms with Gasteiger partial charge in [-0.05, 0) is 24.2 Å². The van der Waals surface area contributed by atoms with Crippen LogP contribution in [-0.2, 0) is 12.7 Å². The van der Waals surface area contributed by atoms with Gasteiger partial charge in [-0.15, -0.1) is 0 Å². The molecule has 0 radical (unpaired) electrons. The number of hydrogen-bond donors (Lipinski definition) is 2. The molecule has 0 bridgehead atoms. The van der Waals surface area contributed by atoms with Gasteiger partial charge in [-0.25, -0.2) is 0 Å². The largest absolute Gasteiger partial charge is 0.416 e. The highest BCUT2D eigenvalue weighted by Crippen LogP contribution is 2.31. The molecule has 1 aromatic carbocycles. The number of nitrogens with zero attached hydrogens (tertiary/aromatic N) is 1. The number of hydrogen-bond acceptors (Lipinski definition) is 2. The lowest BCUT2D eigenvalue weighted by molar-refractivity contribution is -0.137. The molecule has 19 heavy (non-hydrogen) atoms. The monoisotopic (exact) mass is 269 g/mol. The summed E-state index contributed by atoms with van der Waals surface area (Å²) in [6.07, 6.45) is -2.63. The lowest BCUT2D eigenvalue weighted by Gasteiger charge is -2.08. The van der Waals surface area contributed by atoms with Crippen LogP contribution in [0.3, 0.4) is 0 Å². The summed E-state index contributed by atoms with van der Waals surface area (Å²) in [5.41, 5.74) is 1.72. The third kappa shape index (κ3) is 3.14. The van der Waals surface area contributed by atoms with Crippen molar-refractivity contribution in [1.82, 2.24) is 15.5 Å². The minimum absolute atomic E-state index is 0.628. The van der Waals surface area contributed by atoms with Crippen LogP contribution in [0.25, 0.3) is 11.3 Å². The van der Waals surface area contributed by atoms with Gasteiger partial charge in [0, 0.05) is 12.1 Å². The zero-order valence-electron chi connectivity index (χ0n) is 10.4. The van der Waals surface area contributed by atoms with Crippen LogP contribution in [0, 0.1) is 0 Å². The van der Waals surface area contributed by atoms with E-state index in [0.29, 0.717) is 12.1 Å². The van der Waals surface area contributed by atoms with E-state index < -0.39 is 11.7 Å². The summed E-state index contributed by atoms with van der Waals surface area (Å²) in [4.78, 5) is 0. The second-order valence-electron chi connectivity index (χ2n) is 4.13. The summed E-state index contributed by atoms with van der Waals surface area (Å²) < 4.78 is 37.4. The molecule has 102 valence electrons. The van der Waals surface area contributed by atoms with Crippen molar-refractivity contribution in [2.75, 3.05) is 6.54 Å². The van der Waals surface area contributed by atoms with E-state index in [1.54, 1.807) is 6.20 Å². The first kappa shape index (κ1) is 13.6. The first-order valence-corrected chi connectivity index (χ1v) is 5.93. The summed E-state index contributed by atoms with van der Waals surface area (Å²) in [6, 6.07) is 5.05. The molecule has 2 N–H and O–H groups in total. The van der Waals surface area contributed by atoms with Crippen molar-refractivity contribution in [3.8, 4) is 11.3 Å². The molecule has 0 aliphatic rings. The maximum atomic E-state index is 12.5. The smallest absolute Gasteiger partial charge is 0.313 e. The van der Waals surface area contributed by atoms with Crippen LogP contribution in [0.5, 0.6) is 0 Å². The van der Waals surface area contributed by atoms with Gasteiger partial charge in [-0.3, -0.25) is 5.10 Å². The third-order valence-corrected chi connectivity index (χ3v) is 2.78. The molecule has 0 amide bonds. The second kappa shape index (κ2) is 5.44. The van der Waals surface area contributed by atoms with Crippen molar-refractivity contribution in [2.24, 2.45) is 0 Å². The molecule has 2 aromatic rings. The van der Waals surface area contributed by atoms with Crippen molar-refractivity contribution in [1.29, 1.82) is 0 Å². The minimum Gasteiger partial charge on any atom is -0.313 e. The predicted octanol–water partition coefficient (Wildman–Crippen LogP) is 3.21. The Morgan fingerprint density at radius 2 is 1.89 bits per heavy atom. The first-order chi connectivity index (χ1) is 9.02. The summed E-state index contributed by atoms with van der Waals surface area (Å²) >= 11 is 0. The van der Waals surface area contributed by atoms with E-state index in [4.69, 9.17) is 0 Å². The summed E-state index contributed by atoms with van der Waals surface area (Å²) in [5, 5.41) is 9.91. The zero-order chi connectivity index (χ0) is 13.9. The van der Waals surface area contributed by atoms with Gasteiger partial charge in [-0.2, -0.15) is 18.3 Å². The van der Waals surface area contributed by atoms with Crippen LogP contribution in [0.2, 0.25) is 0 Å². The van der Waals surface area contributed by atoms with Crippen molar-refractivity contribution in [2.45, 2.75) is 19.6 Å². The van der Waals surface area contributed by atoms with Crippen LogP contribution in [0.15, 0.2) is 30.5 Å². The molecule has 0 saturated carbocycles. The second-order valence-corrected chi connectivity index (χ2v) is 4.13. The fourth-order valence-electron chi connectivity index (χ4n) is 1.78. The van der Waals surface area contributed by atoms with Crippen molar-refractivity contribution in [3.63, 3.8) is 0 Å². The van der Waals surface area contributed by atoms with Gasteiger partial charge in [0.25, 0.3) is 0 Å². The van der Waals surface area contributed by atoms with E-state index in [1.807, 2.05) is 6.92 Å². The number of H-pyrrole nitrogens is 1. The number of halogens is 3. The number of rotatable bonds is 4. The summed E-state index contributed by atoms with van der Waals surface area (Å²) in [5.74, 6) is 0. The van der Waals surface area contributed by atoms with Gasteiger partial charge >= 0.3 is 6.18 Å². The Morgan fingerprint density at radius 3 is 2.47 bits per heavy atom. The Morgan fingerprint density at radius 1 is 1.21 bits per heavy atom. The highest BCUT2D eigenvalue weighted by Gasteiger charge is 2.30. The number of benzene rings is 1. The fourth-order valence-corrected chi connectivity index (χ4v) is 1.78. The molecular weight excluding hydrogens is 255 g/mol. The maximum absolute atomic E-state index is 12.5. The average molecular weight is 269 g/mol. The van der Waals surface area contributed by atoms with Crippen molar-refractivity contribution in [3.05, 3.63) is 41.6 Å². The molecule has 0 unspecified atom stereocenters. The molecular formula is C13H14F3N3. The Hall–Kier alpha value is -1.82. The van der Waals surface area contributed by atoms with Gasteiger partial charge in [0.2, 0.25) is 0 Å². The van der Waals surface area contributed by atoms with Crippen LogP contribution < -0.4 is 5.32 Å². The summed E-state index contributed by atoms with van der Waals surface area (Å²) in [6.45, 7) is 3.43. The Bertz CT molecular complexity index is 529. The van der Waals surface area contributed by atoms with E-state index in [0.717, 1.165) is 29.9 Å². The van der Waals surface area contributed by atoms with Crippen LogP contribution in [0.1, 0.15) is 18.1 Å². The molecule has 3 nitrogen and oxygen atoms in total. The predicted molar refractivity (Wildman–Crippen MR) is 66.4 cm³/mol. The van der Waals surface area contributed by atoms with Gasteiger partial charge in [0.15, 0.2) is 0 Å². The zero-order valence-corrected chi connectivity index (χ0v) is 10.4. The molecule has 0 aliphatic carbocycles. The standard InChI is InChI=1S/C13H14F3N3/c1-2-17-7-10-8-18-19-12(10)9-3-5-11(6-4-9)13(14,15)16/h3-6,8,17H,2,7H2,1H3,(H,18,19). The van der Waals surface area contributed by atoms with E-state index in [9.17, 15) is 13.2 Å². The van der Waals surface area contributed by atoms with Gasteiger partial charge in [0.1, 0.15) is 0 Å². The van der Waals surface area contributed by atoms with E-state index in [1.165, 1.54) is 12.1 Å². The SMILES string of the molecule is CCNCc1cn[nH]c1-c1ccc(C(F)(F)F)cc1. The van der Waals surface area contributed by atoms with Gasteiger partial charge in [0.05, 0.1) is 17.5 Å². The number of aromatic amines is 1. The molecule has 6 heteroatoms. The quantitative estimate of drug-likeness (QED) is 0.894. The molecule has 0 spiro atoms. The Kier molecular flexibility index (Phi) is 3.90. The lowest BCUT2D eigenvalue weighted by Crippen LogP contribution is -2.11. The van der Waals surface area contributed by atoms with Gasteiger partial charge < -0.3 is 5.32 Å². The van der Waals surface area contributed by atoms with Crippen LogP contribution in [0.4, 0.5) is 13.2 Å². The molecule has 1 aromatic heterocycles. The van der Waals surface area contributed by atoms with Crippen molar-refractivity contribution >= 4 is 0 Å². The summed E-state index contributed by atoms with van der Waals surface area (Å²) in [7, 11) is 0. The number of alkyl halides is 3. The van der Waals surface area contributed by atoms with E-state index >= 15 is 0 Å². The van der Waals surface area contributed by atoms with E-state index in [2.05, 4.69) is 15.5 Å². The Balaban J connectivity index is 2.25. The fraction of sp³-hybridized carbons (Fsp3) is 0.308. The highest BCUT2D eigenvalue weighted by atomic mass is 19.4. The first-order valence-electron chi connectivity index (χ1n) is 5.93. The average Bonchev–Trinajstić information content (AvgIpc) is 2.83. The third-order valence-electron chi connectivity index (χ3n) is 2.78. The molecule has 0 atom stereocenters. The molecule has 0 aliphatic heterocycles. The minimum atomic E-state index is -4.31. The Labute approximate surface area is 108 Å². The van der Waals surface area contributed by atoms with Crippen molar-refractivity contribution < 1.29 is 13.2 Å². The lowest BCUT2D eigenvalue weighted by atomic mass is 10.1. The molecule has 1 heterocycles. The number of nitrogens with one attached hydrogen (secondary N) is 2. The van der Waals surface area contributed by atoms with Gasteiger partial charge in [-0.1, -0.05) is 19.1 Å². The van der Waals surface area contributed by atoms with E-state index in [-0.39, 0.29) is 0 Å². The maximum Gasteiger partial charge on any atom is 0.416 e. The topological polar surface area (TPSA) is 40.7 Å². The van der Waals surface area contributed by atoms with Crippen LogP contribution in [-0.4, -0.2) is 16.7 Å². The van der Waals surface area contributed by atoms with Crippen LogP contribution >= 0.6 is 0 Å².